The van der Waals surface area contributed by atoms with Crippen LogP contribution >= 0.6 is 0 Å². The van der Waals surface area contributed by atoms with Crippen LogP contribution in [0, 0.1) is 5.92 Å². The van der Waals surface area contributed by atoms with Crippen LogP contribution in [0.15, 0.2) is 0 Å². The number of hydrogen-bond acceptors (Lipinski definition) is 3. The molecule has 15 heavy (non-hydrogen) atoms. The maximum atomic E-state index is 10.0. The van der Waals surface area contributed by atoms with Crippen LogP contribution in [0.1, 0.15) is 39.5 Å². The molecule has 0 aromatic heterocycles. The predicted octanol–water partition coefficient (Wildman–Crippen LogP) is 1.55. The highest BCUT2D eigenvalue weighted by atomic mass is 16.5. The lowest BCUT2D eigenvalue weighted by molar-refractivity contribution is -0.00591. The molecule has 0 radical (unpaired) electrons. The Hall–Kier alpha value is -0.120. The number of methoxy groups -OCH3 is 1. The van der Waals surface area contributed by atoms with E-state index >= 15 is 0 Å². The van der Waals surface area contributed by atoms with Gasteiger partial charge in [0.15, 0.2) is 0 Å². The molecule has 0 amide bonds. The first-order valence-corrected chi connectivity index (χ1v) is 5.99. The molecule has 1 fully saturated rings. The van der Waals surface area contributed by atoms with E-state index in [4.69, 9.17) is 4.74 Å². The van der Waals surface area contributed by atoms with Crippen molar-refractivity contribution in [1.29, 1.82) is 0 Å². The number of hydrogen-bond donors (Lipinski definition) is 2. The lowest BCUT2D eigenvalue weighted by Crippen LogP contribution is -2.37. The van der Waals surface area contributed by atoms with E-state index in [-0.39, 0.29) is 11.7 Å². The smallest absolute Gasteiger partial charge is 0.0623 e. The van der Waals surface area contributed by atoms with Gasteiger partial charge >= 0.3 is 0 Å². The standard InChI is InChI=1S/C12H25NO2/c1-12(2,15-3)7-6-11(14)10-5-4-8-13-9-10/h10-11,13-14H,4-9H2,1-3H3. The van der Waals surface area contributed by atoms with Crippen LogP contribution in [0.2, 0.25) is 0 Å². The topological polar surface area (TPSA) is 41.5 Å². The number of piperidine rings is 1. The van der Waals surface area contributed by atoms with Gasteiger partial charge < -0.3 is 15.2 Å². The number of ether oxygens (including phenoxy) is 1. The Morgan fingerprint density at radius 2 is 2.27 bits per heavy atom. The average molecular weight is 215 g/mol. The summed E-state index contributed by atoms with van der Waals surface area (Å²) < 4.78 is 5.35. The Labute approximate surface area is 93.2 Å². The molecular formula is C12H25NO2. The van der Waals surface area contributed by atoms with Crippen LogP contribution in [-0.2, 0) is 4.74 Å². The van der Waals surface area contributed by atoms with Gasteiger partial charge in [-0.2, -0.15) is 0 Å². The van der Waals surface area contributed by atoms with E-state index in [2.05, 4.69) is 19.2 Å². The minimum absolute atomic E-state index is 0.108. The molecular weight excluding hydrogens is 190 g/mol. The summed E-state index contributed by atoms with van der Waals surface area (Å²) in [6.45, 7) is 6.21. The van der Waals surface area contributed by atoms with Crippen molar-refractivity contribution in [3.63, 3.8) is 0 Å². The van der Waals surface area contributed by atoms with Crippen molar-refractivity contribution < 1.29 is 9.84 Å². The number of aliphatic hydroxyl groups is 1. The number of nitrogens with one attached hydrogen (secondary N) is 1. The second-order valence-electron chi connectivity index (χ2n) is 5.18. The van der Waals surface area contributed by atoms with Crippen LogP contribution in [0.5, 0.6) is 0 Å². The zero-order valence-electron chi connectivity index (χ0n) is 10.3. The van der Waals surface area contributed by atoms with E-state index in [0.717, 1.165) is 32.4 Å². The third-order valence-electron chi connectivity index (χ3n) is 3.47. The monoisotopic (exact) mass is 215 g/mol. The van der Waals surface area contributed by atoms with Gasteiger partial charge in [-0.15, -0.1) is 0 Å². The van der Waals surface area contributed by atoms with Crippen molar-refractivity contribution >= 4 is 0 Å². The Morgan fingerprint density at radius 3 is 2.80 bits per heavy atom. The summed E-state index contributed by atoms with van der Waals surface area (Å²) >= 11 is 0. The molecule has 0 spiro atoms. The first-order chi connectivity index (χ1) is 7.05. The van der Waals surface area contributed by atoms with Crippen LogP contribution < -0.4 is 5.32 Å². The molecule has 0 bridgehead atoms. The normalized spacial score (nSPS) is 25.2. The maximum absolute atomic E-state index is 10.0. The van der Waals surface area contributed by atoms with Gasteiger partial charge in [-0.3, -0.25) is 0 Å². The van der Waals surface area contributed by atoms with Gasteiger partial charge in [0.25, 0.3) is 0 Å². The first kappa shape index (κ1) is 12.9. The molecule has 0 saturated carbocycles. The van der Waals surface area contributed by atoms with Gasteiger partial charge in [-0.25, -0.2) is 0 Å². The Bertz CT molecular complexity index is 176. The summed E-state index contributed by atoms with van der Waals surface area (Å²) in [6, 6.07) is 0. The lowest BCUT2D eigenvalue weighted by atomic mass is 9.88. The lowest BCUT2D eigenvalue weighted by Gasteiger charge is -2.30. The summed E-state index contributed by atoms with van der Waals surface area (Å²) in [4.78, 5) is 0. The molecule has 1 rings (SSSR count). The van der Waals surface area contributed by atoms with Gasteiger partial charge in [0.2, 0.25) is 0 Å². The largest absolute Gasteiger partial charge is 0.393 e. The van der Waals surface area contributed by atoms with Gasteiger partial charge in [-0.1, -0.05) is 0 Å². The van der Waals surface area contributed by atoms with Crippen molar-refractivity contribution in [2.45, 2.75) is 51.2 Å². The van der Waals surface area contributed by atoms with E-state index in [1.54, 1.807) is 7.11 Å². The molecule has 3 heteroatoms. The van der Waals surface area contributed by atoms with Gasteiger partial charge in [0, 0.05) is 13.7 Å². The minimum atomic E-state index is -0.174. The predicted molar refractivity (Wildman–Crippen MR) is 61.9 cm³/mol. The molecule has 1 saturated heterocycles. The second kappa shape index (κ2) is 5.83. The molecule has 0 aliphatic carbocycles. The quantitative estimate of drug-likeness (QED) is 0.731. The van der Waals surface area contributed by atoms with E-state index in [9.17, 15) is 5.11 Å². The van der Waals surface area contributed by atoms with E-state index < -0.39 is 0 Å². The first-order valence-electron chi connectivity index (χ1n) is 5.99. The Kier molecular flexibility index (Phi) is 5.03. The van der Waals surface area contributed by atoms with Crippen LogP contribution in [0.3, 0.4) is 0 Å². The Balaban J connectivity index is 2.25. The molecule has 1 aliphatic rings. The third kappa shape index (κ3) is 4.49. The van der Waals surface area contributed by atoms with Crippen LogP contribution in [-0.4, -0.2) is 37.0 Å². The van der Waals surface area contributed by atoms with E-state index in [1.165, 1.54) is 6.42 Å². The molecule has 2 atom stereocenters. The fourth-order valence-electron chi connectivity index (χ4n) is 2.04. The van der Waals surface area contributed by atoms with Crippen molar-refractivity contribution in [2.75, 3.05) is 20.2 Å². The third-order valence-corrected chi connectivity index (χ3v) is 3.47. The van der Waals surface area contributed by atoms with Gasteiger partial charge in [0.1, 0.15) is 0 Å². The summed E-state index contributed by atoms with van der Waals surface area (Å²) in [5, 5.41) is 13.4. The van der Waals surface area contributed by atoms with Crippen LogP contribution in [0.4, 0.5) is 0 Å². The summed E-state index contributed by atoms with van der Waals surface area (Å²) in [5.74, 6) is 0.436. The number of rotatable bonds is 5. The highest BCUT2D eigenvalue weighted by Gasteiger charge is 2.24. The summed E-state index contributed by atoms with van der Waals surface area (Å²) in [7, 11) is 1.73. The molecule has 90 valence electrons. The van der Waals surface area contributed by atoms with E-state index in [1.807, 2.05) is 0 Å². The molecule has 3 nitrogen and oxygen atoms in total. The Morgan fingerprint density at radius 1 is 1.53 bits per heavy atom. The second-order valence-corrected chi connectivity index (χ2v) is 5.18. The van der Waals surface area contributed by atoms with Crippen molar-refractivity contribution in [3.8, 4) is 0 Å². The summed E-state index contributed by atoms with van der Waals surface area (Å²) in [5.41, 5.74) is -0.108. The molecule has 1 heterocycles. The van der Waals surface area contributed by atoms with Crippen molar-refractivity contribution in [3.05, 3.63) is 0 Å². The molecule has 2 N–H and O–H groups in total. The van der Waals surface area contributed by atoms with Gasteiger partial charge in [0.05, 0.1) is 11.7 Å². The maximum Gasteiger partial charge on any atom is 0.0623 e. The van der Waals surface area contributed by atoms with Crippen molar-refractivity contribution in [2.24, 2.45) is 5.92 Å². The fraction of sp³-hybridized carbons (Fsp3) is 1.00. The van der Waals surface area contributed by atoms with Gasteiger partial charge in [-0.05, 0) is 52.0 Å². The van der Waals surface area contributed by atoms with Crippen LogP contribution in [0.25, 0.3) is 0 Å². The fourth-order valence-corrected chi connectivity index (χ4v) is 2.04. The molecule has 0 aromatic rings. The molecule has 0 aromatic carbocycles. The number of aliphatic hydroxyl groups excluding tert-OH is 1. The highest BCUT2D eigenvalue weighted by molar-refractivity contribution is 4.78. The SMILES string of the molecule is COC(C)(C)CCC(O)C1CCCNC1. The minimum Gasteiger partial charge on any atom is -0.393 e. The molecule has 1 aliphatic heterocycles. The average Bonchev–Trinajstić information content (AvgIpc) is 2.27. The zero-order chi connectivity index (χ0) is 11.3. The highest BCUT2D eigenvalue weighted by Crippen LogP contribution is 2.22. The van der Waals surface area contributed by atoms with Crippen molar-refractivity contribution in [1.82, 2.24) is 5.32 Å². The molecule has 2 unspecified atom stereocenters. The zero-order valence-corrected chi connectivity index (χ0v) is 10.3. The van der Waals surface area contributed by atoms with E-state index in [0.29, 0.717) is 5.92 Å². The summed E-state index contributed by atoms with van der Waals surface area (Å²) in [6.07, 6.45) is 3.93.